The number of anilines is 2. The number of nitrogens with zero attached hydrogens (tertiary/aromatic N) is 1. The zero-order chi connectivity index (χ0) is 16.1. The number of nitrogens with one attached hydrogen (secondary N) is 1. The van der Waals surface area contributed by atoms with E-state index in [1.54, 1.807) is 0 Å². The molecule has 0 unspecified atom stereocenters. The number of aromatic nitrogens is 1. The van der Waals surface area contributed by atoms with Crippen molar-refractivity contribution in [2.75, 3.05) is 11.1 Å². The highest BCUT2D eigenvalue weighted by molar-refractivity contribution is 6.01. The van der Waals surface area contributed by atoms with Gasteiger partial charge in [0.25, 0.3) is 0 Å². The van der Waals surface area contributed by atoms with Gasteiger partial charge in [-0.05, 0) is 18.2 Å². The van der Waals surface area contributed by atoms with Crippen LogP contribution in [0, 0.1) is 5.82 Å². The molecule has 22 heavy (non-hydrogen) atoms. The number of nitrogens with two attached hydrogens (primary N) is 1. The maximum absolute atomic E-state index is 13.9. The Kier molecular flexibility index (Phi) is 4.52. The fourth-order valence-corrected chi connectivity index (χ4v) is 1.62. The lowest BCUT2D eigenvalue weighted by Crippen LogP contribution is -2.15. The smallest absolute Gasteiger partial charge is 0.312 e. The molecule has 0 bridgehead atoms. The number of amides is 1. The highest BCUT2D eigenvalue weighted by atomic mass is 19.1. The first-order valence-electron chi connectivity index (χ1n) is 6.14. The third kappa shape index (κ3) is 4.17. The van der Waals surface area contributed by atoms with Crippen LogP contribution in [0.4, 0.5) is 15.9 Å². The second-order valence-corrected chi connectivity index (χ2v) is 4.28. The largest absolute Gasteiger partial charge is 0.481 e. The van der Waals surface area contributed by atoms with Gasteiger partial charge in [0.05, 0.1) is 0 Å². The lowest BCUT2D eigenvalue weighted by molar-refractivity contribution is -0.139. The highest BCUT2D eigenvalue weighted by Gasteiger charge is 2.11. The Hall–Kier alpha value is -3.16. The summed E-state index contributed by atoms with van der Waals surface area (Å²) in [4.78, 5) is 25.4. The normalized spacial score (nSPS) is 10.0. The summed E-state index contributed by atoms with van der Waals surface area (Å²) >= 11 is 0. The van der Waals surface area contributed by atoms with E-state index in [4.69, 9.17) is 15.6 Å². The minimum Gasteiger partial charge on any atom is -0.481 e. The number of hydrogen-bond acceptors (Lipinski definition) is 5. The fourth-order valence-electron chi connectivity index (χ4n) is 1.62. The number of hydrogen-bond donors (Lipinski definition) is 3. The van der Waals surface area contributed by atoms with E-state index >= 15 is 0 Å². The van der Waals surface area contributed by atoms with Gasteiger partial charge < -0.3 is 20.9 Å². The van der Waals surface area contributed by atoms with Crippen molar-refractivity contribution in [1.82, 2.24) is 4.98 Å². The van der Waals surface area contributed by atoms with E-state index in [1.807, 2.05) is 0 Å². The summed E-state index contributed by atoms with van der Waals surface area (Å²) in [6, 6.07) is 6.67. The van der Waals surface area contributed by atoms with E-state index in [9.17, 15) is 14.0 Å². The van der Waals surface area contributed by atoms with Crippen molar-refractivity contribution in [2.45, 2.75) is 6.42 Å². The molecule has 0 aliphatic carbocycles. The lowest BCUT2D eigenvalue weighted by atomic mass is 10.2. The molecule has 0 saturated carbocycles. The van der Waals surface area contributed by atoms with Gasteiger partial charge in [-0.1, -0.05) is 0 Å². The molecule has 0 radical (unpaired) electrons. The molecular formula is C14H12FN3O4. The molecule has 2 rings (SSSR count). The van der Waals surface area contributed by atoms with Crippen LogP contribution in [0.5, 0.6) is 11.5 Å². The summed E-state index contributed by atoms with van der Waals surface area (Å²) in [6.07, 6.45) is 0.721. The van der Waals surface area contributed by atoms with Gasteiger partial charge >= 0.3 is 5.97 Å². The zero-order valence-corrected chi connectivity index (χ0v) is 11.2. The van der Waals surface area contributed by atoms with Crippen molar-refractivity contribution in [3.63, 3.8) is 0 Å². The standard InChI is InChI=1S/C14H12FN3O4/c15-10-5-8(18-13(19)7-14(20)21)1-2-11(10)22-9-3-4-17-12(16)6-9/h1-6H,7H2,(H2,16,17)(H,18,19)(H,20,21). The van der Waals surface area contributed by atoms with E-state index in [0.717, 1.165) is 6.07 Å². The molecule has 1 heterocycles. The van der Waals surface area contributed by atoms with Crippen molar-refractivity contribution in [3.8, 4) is 11.5 Å². The van der Waals surface area contributed by atoms with Gasteiger partial charge in [-0.25, -0.2) is 9.37 Å². The number of nitrogen functional groups attached to an aromatic ring is 1. The summed E-state index contributed by atoms with van der Waals surface area (Å²) in [5, 5.41) is 10.7. The average molecular weight is 305 g/mol. The summed E-state index contributed by atoms with van der Waals surface area (Å²) in [6.45, 7) is 0. The number of carbonyl (C=O) groups excluding carboxylic acids is 1. The number of ether oxygens (including phenoxy) is 1. The van der Waals surface area contributed by atoms with Crippen LogP contribution in [0.2, 0.25) is 0 Å². The van der Waals surface area contributed by atoms with Crippen LogP contribution in [-0.4, -0.2) is 22.0 Å². The van der Waals surface area contributed by atoms with Crippen LogP contribution in [0.1, 0.15) is 6.42 Å². The SMILES string of the molecule is Nc1cc(Oc2ccc(NC(=O)CC(=O)O)cc2F)ccn1. The molecule has 0 atom stereocenters. The average Bonchev–Trinajstić information content (AvgIpc) is 2.41. The van der Waals surface area contributed by atoms with Crippen LogP contribution < -0.4 is 15.8 Å². The van der Waals surface area contributed by atoms with Gasteiger partial charge in [0, 0.05) is 24.0 Å². The number of carboxylic acids is 1. The minimum absolute atomic E-state index is 0.0677. The van der Waals surface area contributed by atoms with Crippen LogP contribution in [0.25, 0.3) is 0 Å². The molecule has 4 N–H and O–H groups in total. The van der Waals surface area contributed by atoms with Gasteiger partial charge in [0.15, 0.2) is 11.6 Å². The highest BCUT2D eigenvalue weighted by Crippen LogP contribution is 2.27. The molecule has 1 aromatic heterocycles. The molecule has 114 valence electrons. The maximum atomic E-state index is 13.9. The summed E-state index contributed by atoms with van der Waals surface area (Å²) in [5.41, 5.74) is 5.62. The first-order chi connectivity index (χ1) is 10.4. The first-order valence-corrected chi connectivity index (χ1v) is 6.14. The van der Waals surface area contributed by atoms with E-state index in [1.165, 1.54) is 30.5 Å². The number of benzene rings is 1. The van der Waals surface area contributed by atoms with Crippen LogP contribution >= 0.6 is 0 Å². The van der Waals surface area contributed by atoms with Crippen molar-refractivity contribution in [2.24, 2.45) is 0 Å². The Morgan fingerprint density at radius 3 is 2.73 bits per heavy atom. The second kappa shape index (κ2) is 6.53. The number of carboxylic acid groups (broad SMARTS) is 1. The predicted molar refractivity (Wildman–Crippen MR) is 76.0 cm³/mol. The van der Waals surface area contributed by atoms with E-state index < -0.39 is 24.1 Å². The summed E-state index contributed by atoms with van der Waals surface area (Å²) in [7, 11) is 0. The number of aliphatic carboxylic acids is 1. The predicted octanol–water partition coefficient (Wildman–Crippen LogP) is 2.01. The monoisotopic (exact) mass is 305 g/mol. The van der Waals surface area contributed by atoms with Crippen LogP contribution in [0.3, 0.4) is 0 Å². The molecular weight excluding hydrogens is 293 g/mol. The summed E-state index contributed by atoms with van der Waals surface area (Å²) < 4.78 is 19.2. The minimum atomic E-state index is -1.27. The first kappa shape index (κ1) is 15.2. The van der Waals surface area contributed by atoms with E-state index in [0.29, 0.717) is 5.75 Å². The number of halogens is 1. The van der Waals surface area contributed by atoms with Gasteiger partial charge in [-0.2, -0.15) is 0 Å². The van der Waals surface area contributed by atoms with Crippen molar-refractivity contribution < 1.29 is 23.8 Å². The third-order valence-electron chi connectivity index (χ3n) is 2.51. The van der Waals surface area contributed by atoms with Crippen molar-refractivity contribution in [1.29, 1.82) is 0 Å². The molecule has 0 spiro atoms. The van der Waals surface area contributed by atoms with Crippen LogP contribution in [-0.2, 0) is 9.59 Å². The molecule has 0 aliphatic rings. The molecule has 8 heteroatoms. The van der Waals surface area contributed by atoms with Crippen LogP contribution in [0.15, 0.2) is 36.5 Å². The lowest BCUT2D eigenvalue weighted by Gasteiger charge is -2.09. The molecule has 0 aliphatic heterocycles. The van der Waals surface area contributed by atoms with Crippen molar-refractivity contribution >= 4 is 23.4 Å². The molecule has 0 fully saturated rings. The maximum Gasteiger partial charge on any atom is 0.312 e. The van der Waals surface area contributed by atoms with Gasteiger partial charge in [-0.15, -0.1) is 0 Å². The Morgan fingerprint density at radius 2 is 2.09 bits per heavy atom. The van der Waals surface area contributed by atoms with Gasteiger partial charge in [0.2, 0.25) is 5.91 Å². The Bertz CT molecular complexity index is 721. The molecule has 0 saturated heterocycles. The Labute approximate surface area is 124 Å². The van der Waals surface area contributed by atoms with E-state index in [-0.39, 0.29) is 17.3 Å². The Balaban J connectivity index is 2.09. The number of rotatable bonds is 5. The Morgan fingerprint density at radius 1 is 1.32 bits per heavy atom. The van der Waals surface area contributed by atoms with Gasteiger partial charge in [0.1, 0.15) is 18.0 Å². The number of carbonyl (C=O) groups is 2. The topological polar surface area (TPSA) is 115 Å². The van der Waals surface area contributed by atoms with Crippen molar-refractivity contribution in [3.05, 3.63) is 42.3 Å². The molecule has 1 aromatic carbocycles. The summed E-state index contributed by atoms with van der Waals surface area (Å²) in [5.74, 6) is -2.26. The quantitative estimate of drug-likeness (QED) is 0.728. The molecule has 7 nitrogen and oxygen atoms in total. The zero-order valence-electron chi connectivity index (χ0n) is 11.2. The third-order valence-corrected chi connectivity index (χ3v) is 2.51. The molecule has 2 aromatic rings. The molecule has 1 amide bonds. The van der Waals surface area contributed by atoms with E-state index in [2.05, 4.69) is 10.3 Å². The number of pyridine rings is 1. The second-order valence-electron chi connectivity index (χ2n) is 4.28. The fraction of sp³-hybridized carbons (Fsp3) is 0.0714. The van der Waals surface area contributed by atoms with Gasteiger partial charge in [-0.3, -0.25) is 9.59 Å².